The van der Waals surface area contributed by atoms with E-state index in [1.165, 1.54) is 17.3 Å². The number of allylic oxidation sites excluding steroid dienone is 1. The molecular weight excluding hydrogens is 320 g/mol. The molecule has 1 aromatic carbocycles. The fourth-order valence-corrected chi connectivity index (χ4v) is 3.72. The van der Waals surface area contributed by atoms with Crippen molar-refractivity contribution in [1.82, 2.24) is 19.7 Å². The maximum absolute atomic E-state index is 12.2. The van der Waals surface area contributed by atoms with Crippen molar-refractivity contribution >= 4 is 17.7 Å². The van der Waals surface area contributed by atoms with Crippen LogP contribution in [0, 0.1) is 6.92 Å². The van der Waals surface area contributed by atoms with Crippen molar-refractivity contribution in [2.75, 3.05) is 18.8 Å². The van der Waals surface area contributed by atoms with Crippen molar-refractivity contribution in [1.29, 1.82) is 0 Å². The number of amides is 1. The smallest absolute Gasteiger partial charge is 0.233 e. The highest BCUT2D eigenvalue weighted by Gasteiger charge is 2.20. The van der Waals surface area contributed by atoms with Crippen molar-refractivity contribution in [3.05, 3.63) is 42.5 Å². The molecule has 0 bridgehead atoms. The van der Waals surface area contributed by atoms with Gasteiger partial charge in [-0.15, -0.1) is 16.8 Å². The SMILES string of the molecule is C=CCn1c(SCC(=O)N2CCCC2)nnc1-c1cccc(C)c1. The van der Waals surface area contributed by atoms with Crippen molar-refractivity contribution in [2.45, 2.75) is 31.5 Å². The Morgan fingerprint density at radius 1 is 1.33 bits per heavy atom. The molecule has 1 saturated heterocycles. The molecule has 1 aliphatic rings. The minimum Gasteiger partial charge on any atom is -0.342 e. The first-order chi connectivity index (χ1) is 11.7. The lowest BCUT2D eigenvalue weighted by atomic mass is 10.1. The molecule has 1 aromatic heterocycles. The second kappa shape index (κ2) is 7.66. The van der Waals surface area contributed by atoms with Gasteiger partial charge in [0.2, 0.25) is 5.91 Å². The maximum atomic E-state index is 12.2. The van der Waals surface area contributed by atoms with Crippen molar-refractivity contribution in [2.24, 2.45) is 0 Å². The van der Waals surface area contributed by atoms with Crippen LogP contribution in [0.5, 0.6) is 0 Å². The Hall–Kier alpha value is -2.08. The van der Waals surface area contributed by atoms with Crippen LogP contribution in [0.2, 0.25) is 0 Å². The lowest BCUT2D eigenvalue weighted by Crippen LogP contribution is -2.29. The molecule has 126 valence electrons. The van der Waals surface area contributed by atoms with E-state index in [0.29, 0.717) is 12.3 Å². The fraction of sp³-hybridized carbons (Fsp3) is 0.389. The van der Waals surface area contributed by atoms with Crippen LogP contribution in [0.25, 0.3) is 11.4 Å². The van der Waals surface area contributed by atoms with Gasteiger partial charge in [0.05, 0.1) is 5.75 Å². The minimum absolute atomic E-state index is 0.183. The molecular formula is C18H22N4OS. The van der Waals surface area contributed by atoms with Crippen LogP contribution >= 0.6 is 11.8 Å². The van der Waals surface area contributed by atoms with Crippen LogP contribution in [-0.2, 0) is 11.3 Å². The van der Waals surface area contributed by atoms with Crippen molar-refractivity contribution in [3.63, 3.8) is 0 Å². The first-order valence-electron chi connectivity index (χ1n) is 8.21. The molecule has 0 radical (unpaired) electrons. The number of aryl methyl sites for hydroxylation is 1. The summed E-state index contributed by atoms with van der Waals surface area (Å²) in [6.45, 7) is 8.27. The van der Waals surface area contributed by atoms with E-state index in [4.69, 9.17) is 0 Å². The van der Waals surface area contributed by atoms with Gasteiger partial charge < -0.3 is 4.90 Å². The zero-order valence-corrected chi connectivity index (χ0v) is 14.8. The average Bonchev–Trinajstić information content (AvgIpc) is 3.23. The molecule has 24 heavy (non-hydrogen) atoms. The number of benzene rings is 1. The zero-order valence-electron chi connectivity index (χ0n) is 13.9. The van der Waals surface area contributed by atoms with Gasteiger partial charge >= 0.3 is 0 Å². The van der Waals surface area contributed by atoms with Crippen molar-refractivity contribution < 1.29 is 4.79 Å². The van der Waals surface area contributed by atoms with Gasteiger partial charge in [-0.25, -0.2) is 0 Å². The third-order valence-corrected chi connectivity index (χ3v) is 5.04. The van der Waals surface area contributed by atoms with E-state index in [1.54, 1.807) is 0 Å². The first-order valence-corrected chi connectivity index (χ1v) is 9.19. The number of carbonyl (C=O) groups excluding carboxylic acids is 1. The standard InChI is InChI=1S/C18H22N4OS/c1-3-9-22-17(15-8-6-7-14(2)12-15)19-20-18(22)24-13-16(23)21-10-4-5-11-21/h3,6-8,12H,1,4-5,9-11,13H2,2H3. The molecule has 2 aromatic rings. The molecule has 2 heterocycles. The third kappa shape index (κ3) is 3.70. The second-order valence-electron chi connectivity index (χ2n) is 5.95. The van der Waals surface area contributed by atoms with E-state index in [2.05, 4.69) is 35.8 Å². The summed E-state index contributed by atoms with van der Waals surface area (Å²) in [5.41, 5.74) is 2.21. The molecule has 0 unspecified atom stereocenters. The number of carbonyl (C=O) groups is 1. The second-order valence-corrected chi connectivity index (χ2v) is 6.89. The molecule has 0 aliphatic carbocycles. The molecule has 5 nitrogen and oxygen atoms in total. The van der Waals surface area contributed by atoms with Crippen LogP contribution in [0.4, 0.5) is 0 Å². The van der Waals surface area contributed by atoms with Gasteiger partial charge in [0.15, 0.2) is 11.0 Å². The van der Waals surface area contributed by atoms with Gasteiger partial charge in [0.1, 0.15) is 0 Å². The Kier molecular flexibility index (Phi) is 5.35. The van der Waals surface area contributed by atoms with Crippen LogP contribution in [0.15, 0.2) is 42.1 Å². The normalized spacial score (nSPS) is 14.1. The summed E-state index contributed by atoms with van der Waals surface area (Å²) in [6.07, 6.45) is 4.05. The molecule has 6 heteroatoms. The summed E-state index contributed by atoms with van der Waals surface area (Å²) in [5.74, 6) is 1.40. The molecule has 1 fully saturated rings. The molecule has 0 saturated carbocycles. The summed E-state index contributed by atoms with van der Waals surface area (Å²) in [6, 6.07) is 8.19. The third-order valence-electron chi connectivity index (χ3n) is 4.09. The predicted molar refractivity (Wildman–Crippen MR) is 96.9 cm³/mol. The summed E-state index contributed by atoms with van der Waals surface area (Å²) in [4.78, 5) is 14.2. The number of hydrogen-bond donors (Lipinski definition) is 0. The largest absolute Gasteiger partial charge is 0.342 e. The Balaban J connectivity index is 1.78. The van der Waals surface area contributed by atoms with Crippen molar-refractivity contribution in [3.8, 4) is 11.4 Å². The lowest BCUT2D eigenvalue weighted by molar-refractivity contribution is -0.127. The van der Waals surface area contributed by atoms with E-state index in [-0.39, 0.29) is 5.91 Å². The number of rotatable bonds is 6. The Bertz CT molecular complexity index is 734. The fourth-order valence-electron chi connectivity index (χ4n) is 2.87. The van der Waals surface area contributed by atoms with Gasteiger partial charge in [-0.1, -0.05) is 41.6 Å². The van der Waals surface area contributed by atoms with E-state index < -0.39 is 0 Å². The molecule has 0 N–H and O–H groups in total. The predicted octanol–water partition coefficient (Wildman–Crippen LogP) is 3.15. The summed E-state index contributed by atoms with van der Waals surface area (Å²) >= 11 is 1.45. The van der Waals surface area contributed by atoms with Crippen LogP contribution < -0.4 is 0 Å². The summed E-state index contributed by atoms with van der Waals surface area (Å²) in [7, 11) is 0. The van der Waals surface area contributed by atoms with Gasteiger partial charge in [-0.2, -0.15) is 0 Å². The van der Waals surface area contributed by atoms with Gasteiger partial charge in [-0.05, 0) is 25.8 Å². The molecule has 1 aliphatic heterocycles. The van der Waals surface area contributed by atoms with Gasteiger partial charge in [0, 0.05) is 25.2 Å². The minimum atomic E-state index is 0.183. The number of nitrogens with zero attached hydrogens (tertiary/aromatic N) is 4. The Morgan fingerprint density at radius 3 is 2.83 bits per heavy atom. The number of hydrogen-bond acceptors (Lipinski definition) is 4. The first kappa shape index (κ1) is 16.8. The molecule has 0 atom stereocenters. The zero-order chi connectivity index (χ0) is 16.9. The van der Waals surface area contributed by atoms with E-state index >= 15 is 0 Å². The highest BCUT2D eigenvalue weighted by molar-refractivity contribution is 7.99. The van der Waals surface area contributed by atoms with Crippen LogP contribution in [-0.4, -0.2) is 44.4 Å². The van der Waals surface area contributed by atoms with E-state index in [1.807, 2.05) is 27.7 Å². The monoisotopic (exact) mass is 342 g/mol. The highest BCUT2D eigenvalue weighted by Crippen LogP contribution is 2.25. The Labute approximate surface area is 146 Å². The molecule has 1 amide bonds. The van der Waals surface area contributed by atoms with E-state index in [0.717, 1.165) is 42.5 Å². The molecule has 3 rings (SSSR count). The van der Waals surface area contributed by atoms with Crippen LogP contribution in [0.3, 0.4) is 0 Å². The number of thioether (sulfide) groups is 1. The maximum Gasteiger partial charge on any atom is 0.233 e. The summed E-state index contributed by atoms with van der Waals surface area (Å²) < 4.78 is 2.02. The lowest BCUT2D eigenvalue weighted by Gasteiger charge is -2.14. The quantitative estimate of drug-likeness (QED) is 0.598. The van der Waals surface area contributed by atoms with E-state index in [9.17, 15) is 4.79 Å². The number of aromatic nitrogens is 3. The number of likely N-dealkylation sites (tertiary alicyclic amines) is 1. The van der Waals surface area contributed by atoms with Gasteiger partial charge in [0.25, 0.3) is 0 Å². The van der Waals surface area contributed by atoms with Crippen LogP contribution in [0.1, 0.15) is 18.4 Å². The Morgan fingerprint density at radius 2 is 2.12 bits per heavy atom. The summed E-state index contributed by atoms with van der Waals surface area (Å²) in [5, 5.41) is 9.40. The average molecular weight is 342 g/mol. The molecule has 0 spiro atoms. The topological polar surface area (TPSA) is 51.0 Å². The highest BCUT2D eigenvalue weighted by atomic mass is 32.2. The van der Waals surface area contributed by atoms with Gasteiger partial charge in [-0.3, -0.25) is 9.36 Å².